The fraction of sp³-hybridized carbons (Fsp3) is 0.370. The molecule has 1 aromatic carbocycles. The second kappa shape index (κ2) is 10.6. The summed E-state index contributed by atoms with van der Waals surface area (Å²) in [6.45, 7) is 2.47. The number of benzene rings is 1. The quantitative estimate of drug-likeness (QED) is 0.413. The van der Waals surface area contributed by atoms with Gasteiger partial charge in [0.2, 0.25) is 10.0 Å². The number of ether oxygens (including phenoxy) is 2. The number of pyridine rings is 2. The molecule has 0 bridgehead atoms. The number of sulfonamides is 1. The molecule has 11 nitrogen and oxygen atoms in total. The summed E-state index contributed by atoms with van der Waals surface area (Å²) in [6.07, 6.45) is 0.254. The molecule has 2 aromatic heterocycles. The summed E-state index contributed by atoms with van der Waals surface area (Å²) in [4.78, 5) is 23.8. The van der Waals surface area contributed by atoms with Crippen molar-refractivity contribution in [1.82, 2.24) is 14.3 Å². The normalized spacial score (nSPS) is 21.0. The van der Waals surface area contributed by atoms with Gasteiger partial charge in [-0.2, -0.15) is 13.1 Å². The van der Waals surface area contributed by atoms with Gasteiger partial charge in [0.25, 0.3) is 5.92 Å². The predicted octanol–water partition coefficient (Wildman–Crippen LogP) is 3.13. The molecular formula is C27H27ClF2N6O5S. The fourth-order valence-corrected chi connectivity index (χ4v) is 7.06. The van der Waals surface area contributed by atoms with Gasteiger partial charge in [-0.3, -0.25) is 9.88 Å². The summed E-state index contributed by atoms with van der Waals surface area (Å²) >= 11 is 6.15. The molecule has 6 rings (SSSR count). The highest BCUT2D eigenvalue weighted by Gasteiger charge is 2.46. The van der Waals surface area contributed by atoms with Crippen LogP contribution < -0.4 is 20.3 Å². The summed E-state index contributed by atoms with van der Waals surface area (Å²) in [5.41, 5.74) is 6.03. The van der Waals surface area contributed by atoms with E-state index in [0.717, 1.165) is 6.07 Å². The first kappa shape index (κ1) is 28.5. The number of halogens is 3. The average Bonchev–Trinajstić information content (AvgIpc) is 3.32. The van der Waals surface area contributed by atoms with E-state index in [0.29, 0.717) is 11.4 Å². The van der Waals surface area contributed by atoms with E-state index >= 15 is 8.78 Å². The van der Waals surface area contributed by atoms with Crippen LogP contribution in [0.15, 0.2) is 53.6 Å². The topological polar surface area (TPSA) is 131 Å². The molecule has 0 aliphatic carbocycles. The van der Waals surface area contributed by atoms with Gasteiger partial charge in [-0.15, -0.1) is 0 Å². The summed E-state index contributed by atoms with van der Waals surface area (Å²) in [5.74, 6) is -2.86. The number of fused-ring (bicyclic) bond motifs is 3. The van der Waals surface area contributed by atoms with Crippen LogP contribution in [0.4, 0.5) is 25.1 Å². The van der Waals surface area contributed by atoms with Crippen LogP contribution in [0.2, 0.25) is 5.15 Å². The summed E-state index contributed by atoms with van der Waals surface area (Å²) < 4.78 is 70.2. The summed E-state index contributed by atoms with van der Waals surface area (Å²) in [6, 6.07) is 8.91. The van der Waals surface area contributed by atoms with E-state index in [-0.39, 0.29) is 78.1 Å². The smallest absolute Gasteiger partial charge is 0.415 e. The predicted molar refractivity (Wildman–Crippen MR) is 150 cm³/mol. The highest BCUT2D eigenvalue weighted by molar-refractivity contribution is 7.89. The maximum atomic E-state index is 15.4. The van der Waals surface area contributed by atoms with Gasteiger partial charge in [-0.25, -0.2) is 18.2 Å². The van der Waals surface area contributed by atoms with Gasteiger partial charge >= 0.3 is 6.09 Å². The van der Waals surface area contributed by atoms with Gasteiger partial charge < -0.3 is 20.1 Å². The number of aromatic nitrogens is 2. The number of hydrogen-bond acceptors (Lipinski definition) is 9. The van der Waals surface area contributed by atoms with Crippen LogP contribution in [0.25, 0.3) is 0 Å². The molecule has 3 aliphatic heterocycles. The van der Waals surface area contributed by atoms with Gasteiger partial charge in [-0.05, 0) is 43.3 Å². The number of piperazine rings is 1. The number of carbonyl (C=O) groups excluding carboxylic acids is 1. The third-order valence-corrected chi connectivity index (χ3v) is 9.73. The first-order valence-electron chi connectivity index (χ1n) is 13.2. The number of amides is 1. The van der Waals surface area contributed by atoms with Gasteiger partial charge in [-0.1, -0.05) is 11.6 Å². The molecule has 3 aromatic rings. The Morgan fingerprint density at radius 1 is 1.10 bits per heavy atom. The monoisotopic (exact) mass is 620 g/mol. The van der Waals surface area contributed by atoms with Crippen LogP contribution in [-0.2, 0) is 20.7 Å². The van der Waals surface area contributed by atoms with Crippen LogP contribution >= 0.6 is 11.6 Å². The number of aryl methyl sites for hydroxylation is 1. The second-order valence-corrected chi connectivity index (χ2v) is 12.5. The van der Waals surface area contributed by atoms with Crippen LogP contribution in [0, 0.1) is 6.92 Å². The first-order valence-corrected chi connectivity index (χ1v) is 15.0. The Morgan fingerprint density at radius 2 is 1.86 bits per heavy atom. The third kappa shape index (κ3) is 4.91. The van der Waals surface area contributed by atoms with Crippen molar-refractivity contribution in [3.05, 3.63) is 70.6 Å². The van der Waals surface area contributed by atoms with Crippen molar-refractivity contribution >= 4 is 39.2 Å². The third-order valence-electron chi connectivity index (χ3n) is 7.65. The van der Waals surface area contributed by atoms with Gasteiger partial charge in [0, 0.05) is 61.8 Å². The van der Waals surface area contributed by atoms with Gasteiger partial charge in [0.15, 0.2) is 0 Å². The van der Waals surface area contributed by atoms with Crippen molar-refractivity contribution in [2.45, 2.75) is 29.9 Å². The van der Waals surface area contributed by atoms with E-state index < -0.39 is 28.1 Å². The van der Waals surface area contributed by atoms with E-state index in [1.165, 1.54) is 51.8 Å². The Kier molecular flexibility index (Phi) is 7.20. The van der Waals surface area contributed by atoms with Crippen molar-refractivity contribution in [3.63, 3.8) is 0 Å². The minimum absolute atomic E-state index is 0.00606. The molecule has 3 aliphatic rings. The van der Waals surface area contributed by atoms with Gasteiger partial charge in [0.1, 0.15) is 35.5 Å². The molecule has 222 valence electrons. The van der Waals surface area contributed by atoms with E-state index in [9.17, 15) is 13.2 Å². The molecule has 0 spiro atoms. The molecule has 2 saturated heterocycles. The highest BCUT2D eigenvalue weighted by atomic mass is 35.5. The maximum Gasteiger partial charge on any atom is 0.415 e. The van der Waals surface area contributed by atoms with E-state index in [1.807, 2.05) is 0 Å². The molecule has 5 heterocycles. The molecular weight excluding hydrogens is 594 g/mol. The zero-order chi connectivity index (χ0) is 29.8. The lowest BCUT2D eigenvalue weighted by Gasteiger charge is -2.35. The Morgan fingerprint density at radius 3 is 2.57 bits per heavy atom. The number of nitrogens with two attached hydrogens (primary N) is 1. The van der Waals surface area contributed by atoms with Crippen molar-refractivity contribution in [3.8, 4) is 5.75 Å². The molecule has 0 saturated carbocycles. The fourth-order valence-electron chi connectivity index (χ4n) is 5.42. The lowest BCUT2D eigenvalue weighted by atomic mass is 10.0. The van der Waals surface area contributed by atoms with Crippen LogP contribution in [0.1, 0.15) is 16.8 Å². The molecule has 42 heavy (non-hydrogen) atoms. The zero-order valence-corrected chi connectivity index (χ0v) is 24.0. The molecule has 2 N–H and O–H groups in total. The molecule has 0 radical (unpaired) electrons. The standard InChI is InChI=1S/C27H27ClF2N6O5S/c1-16-10-17(4-5-32-16)27(29,30)18-11-24(28)33-25(12-18)34-6-8-35(9-7-34)42(38,39)19-2-3-20-22(13-19)40-15-21-23(14-31)41-26(37)36(20)21/h2-5,10-13,21,23H,6-9,14-15,31H2,1H3/t21-,23+/m1/s1. The van der Waals surface area contributed by atoms with Gasteiger partial charge in [0.05, 0.1) is 10.6 Å². The largest absolute Gasteiger partial charge is 0.489 e. The molecule has 0 unspecified atom stereocenters. The first-order chi connectivity index (χ1) is 20.0. The van der Waals surface area contributed by atoms with Crippen molar-refractivity contribution in [1.29, 1.82) is 0 Å². The minimum Gasteiger partial charge on any atom is -0.489 e. The van der Waals surface area contributed by atoms with Crippen molar-refractivity contribution in [2.24, 2.45) is 5.73 Å². The number of cyclic esters (lactones) is 1. The molecule has 15 heteroatoms. The van der Waals surface area contributed by atoms with E-state index in [1.54, 1.807) is 11.8 Å². The number of anilines is 2. The van der Waals surface area contributed by atoms with Crippen molar-refractivity contribution in [2.75, 3.05) is 49.1 Å². The average molecular weight is 621 g/mol. The van der Waals surface area contributed by atoms with E-state index in [2.05, 4.69) is 9.97 Å². The van der Waals surface area contributed by atoms with E-state index in [4.69, 9.17) is 26.8 Å². The lowest BCUT2D eigenvalue weighted by Crippen LogP contribution is -2.49. The second-order valence-electron chi connectivity index (χ2n) is 10.2. The Balaban J connectivity index is 1.18. The van der Waals surface area contributed by atoms with Crippen molar-refractivity contribution < 1.29 is 31.5 Å². The minimum atomic E-state index is -3.93. The zero-order valence-electron chi connectivity index (χ0n) is 22.4. The number of carbonyl (C=O) groups is 1. The maximum absolute atomic E-state index is 15.4. The SMILES string of the molecule is Cc1cc(C(F)(F)c2cc(Cl)nc(N3CCN(S(=O)(=O)c4ccc5c(c4)OC[C@@H]4[C@H](CN)OC(=O)N54)CC3)c2)ccn1. The molecule has 1 amide bonds. The number of alkyl halides is 2. The summed E-state index contributed by atoms with van der Waals surface area (Å²) in [7, 11) is -3.93. The van der Waals surface area contributed by atoms with Crippen LogP contribution in [0.5, 0.6) is 5.75 Å². The molecule has 2 fully saturated rings. The van der Waals surface area contributed by atoms with Crippen LogP contribution in [0.3, 0.4) is 0 Å². The van der Waals surface area contributed by atoms with Crippen LogP contribution in [-0.4, -0.2) is 80.3 Å². The summed E-state index contributed by atoms with van der Waals surface area (Å²) in [5, 5.41) is -0.0982. The Hall–Kier alpha value is -3.59. The highest BCUT2D eigenvalue weighted by Crippen LogP contribution is 2.41. The molecule has 2 atom stereocenters. The Labute approximate surface area is 245 Å². The number of nitrogens with zero attached hydrogens (tertiary/aromatic N) is 5. The lowest BCUT2D eigenvalue weighted by molar-refractivity contribution is 0.0426. The Bertz CT molecular complexity index is 1650. The number of hydrogen-bond donors (Lipinski definition) is 1. The number of rotatable bonds is 6.